The topological polar surface area (TPSA) is 41.4 Å². The van der Waals surface area contributed by atoms with Crippen molar-refractivity contribution in [2.75, 3.05) is 19.0 Å². The predicted molar refractivity (Wildman–Crippen MR) is 124 cm³/mol. The Hall–Kier alpha value is -2.79. The highest BCUT2D eigenvalue weighted by atomic mass is 35.5. The number of hydrogen-bond donors (Lipinski definition) is 0. The fourth-order valence-electron chi connectivity index (χ4n) is 3.67. The number of halogens is 1. The summed E-state index contributed by atoms with van der Waals surface area (Å²) in [5.74, 6) is 0.986. The van der Waals surface area contributed by atoms with Crippen LogP contribution in [0.5, 0.6) is 0 Å². The highest BCUT2D eigenvalue weighted by Crippen LogP contribution is 2.32. The summed E-state index contributed by atoms with van der Waals surface area (Å²) in [6, 6.07) is 17.3. The summed E-state index contributed by atoms with van der Waals surface area (Å²) >= 11 is 6.02. The quantitative estimate of drug-likeness (QED) is 0.520. The largest absolute Gasteiger partial charge is 0.363 e. The van der Waals surface area contributed by atoms with Crippen LogP contribution in [0.1, 0.15) is 36.2 Å². The summed E-state index contributed by atoms with van der Waals surface area (Å²) in [6.07, 6.45) is 0.859. The van der Waals surface area contributed by atoms with Crippen molar-refractivity contribution in [2.45, 2.75) is 32.9 Å². The van der Waals surface area contributed by atoms with Gasteiger partial charge in [0.05, 0.1) is 12.2 Å². The van der Waals surface area contributed by atoms with E-state index in [9.17, 15) is 4.79 Å². The lowest BCUT2D eigenvalue weighted by molar-refractivity contribution is 0.0672. The Morgan fingerprint density at radius 2 is 1.73 bits per heavy atom. The van der Waals surface area contributed by atoms with E-state index in [-0.39, 0.29) is 11.9 Å². The van der Waals surface area contributed by atoms with Gasteiger partial charge in [-0.05, 0) is 37.6 Å². The number of benzene rings is 2. The number of carbonyl (C=O) groups is 1. The lowest BCUT2D eigenvalue weighted by Crippen LogP contribution is -2.38. The van der Waals surface area contributed by atoms with Crippen LogP contribution >= 0.6 is 11.6 Å². The summed E-state index contributed by atoms with van der Waals surface area (Å²) in [4.78, 5) is 17.4. The van der Waals surface area contributed by atoms with Crippen molar-refractivity contribution in [2.24, 2.45) is 7.05 Å². The zero-order chi connectivity index (χ0) is 21.8. The van der Waals surface area contributed by atoms with Gasteiger partial charge in [0.25, 0.3) is 5.91 Å². The first-order valence-corrected chi connectivity index (χ1v) is 10.6. The van der Waals surface area contributed by atoms with Crippen molar-refractivity contribution in [1.82, 2.24) is 14.7 Å². The molecule has 30 heavy (non-hydrogen) atoms. The molecule has 0 N–H and O–H groups in total. The fourth-order valence-corrected chi connectivity index (χ4v) is 3.79. The average molecular weight is 425 g/mol. The molecular weight excluding hydrogens is 396 g/mol. The Balaban J connectivity index is 2.08. The molecule has 3 rings (SSSR count). The maximum Gasteiger partial charge on any atom is 0.254 e. The van der Waals surface area contributed by atoms with Crippen LogP contribution < -0.4 is 4.90 Å². The molecule has 0 saturated carbocycles. The van der Waals surface area contributed by atoms with Crippen molar-refractivity contribution >= 4 is 23.3 Å². The van der Waals surface area contributed by atoms with Gasteiger partial charge in [0, 0.05) is 48.9 Å². The van der Waals surface area contributed by atoms with Crippen LogP contribution in [0.3, 0.4) is 0 Å². The molecule has 0 aliphatic rings. The van der Waals surface area contributed by atoms with Gasteiger partial charge in [-0.25, -0.2) is 0 Å². The summed E-state index contributed by atoms with van der Waals surface area (Å²) in [5, 5.41) is 5.42. The number of rotatable bonds is 7. The molecule has 0 radical (unpaired) electrons. The van der Waals surface area contributed by atoms with Gasteiger partial charge in [-0.2, -0.15) is 5.10 Å². The molecule has 0 spiro atoms. The van der Waals surface area contributed by atoms with Crippen molar-refractivity contribution in [3.8, 4) is 11.3 Å². The third-order valence-electron chi connectivity index (χ3n) is 5.39. The first kappa shape index (κ1) is 21.9. The number of carbonyl (C=O) groups excluding carboxylic acids is 1. The molecule has 0 aliphatic heterocycles. The van der Waals surface area contributed by atoms with Gasteiger partial charge in [-0.1, -0.05) is 48.9 Å². The molecule has 0 bridgehead atoms. The van der Waals surface area contributed by atoms with E-state index in [1.807, 2.05) is 48.9 Å². The fraction of sp³-hybridized carbons (Fsp3) is 0.333. The minimum atomic E-state index is -0.00594. The number of aromatic nitrogens is 2. The molecule has 1 atom stereocenters. The Kier molecular flexibility index (Phi) is 6.83. The molecule has 1 unspecified atom stereocenters. The van der Waals surface area contributed by atoms with Gasteiger partial charge in [0.1, 0.15) is 5.82 Å². The van der Waals surface area contributed by atoms with E-state index in [1.165, 1.54) is 0 Å². The van der Waals surface area contributed by atoms with Crippen LogP contribution in [0.4, 0.5) is 5.82 Å². The summed E-state index contributed by atoms with van der Waals surface area (Å²) in [6.45, 7) is 4.66. The highest BCUT2D eigenvalue weighted by Gasteiger charge is 2.27. The second kappa shape index (κ2) is 9.35. The Labute approximate surface area is 183 Å². The minimum absolute atomic E-state index is 0.00594. The molecule has 6 heteroatoms. The zero-order valence-electron chi connectivity index (χ0n) is 18.3. The van der Waals surface area contributed by atoms with Gasteiger partial charge in [-0.3, -0.25) is 9.48 Å². The van der Waals surface area contributed by atoms with E-state index < -0.39 is 0 Å². The van der Waals surface area contributed by atoms with E-state index in [2.05, 4.69) is 30.9 Å². The molecule has 1 aromatic heterocycles. The van der Waals surface area contributed by atoms with Gasteiger partial charge >= 0.3 is 0 Å². The molecule has 2 aromatic carbocycles. The van der Waals surface area contributed by atoms with E-state index in [0.29, 0.717) is 17.1 Å². The normalized spacial score (nSPS) is 11.9. The molecule has 1 heterocycles. The number of nitrogens with zero attached hydrogens (tertiary/aromatic N) is 4. The number of amides is 1. The van der Waals surface area contributed by atoms with Crippen LogP contribution in [0.2, 0.25) is 5.02 Å². The monoisotopic (exact) mass is 424 g/mol. The number of hydrogen-bond acceptors (Lipinski definition) is 3. The standard InChI is InChI=1S/C24H29ClN4O/c1-6-17(2)29(24(30)19-12-14-20(25)15-13-19)16-21-22(18-10-8-7-9-11-18)26-28(5)23(21)27(3)4/h7-15,17H,6,16H2,1-5H3. The zero-order valence-corrected chi connectivity index (χ0v) is 19.0. The molecular formula is C24H29ClN4O. The second-order valence-corrected chi connectivity index (χ2v) is 8.17. The van der Waals surface area contributed by atoms with E-state index in [4.69, 9.17) is 16.7 Å². The number of aryl methyl sites for hydroxylation is 1. The summed E-state index contributed by atoms with van der Waals surface area (Å²) in [7, 11) is 5.95. The second-order valence-electron chi connectivity index (χ2n) is 7.73. The summed E-state index contributed by atoms with van der Waals surface area (Å²) < 4.78 is 1.89. The third kappa shape index (κ3) is 4.51. The van der Waals surface area contributed by atoms with E-state index in [0.717, 1.165) is 29.1 Å². The molecule has 0 aliphatic carbocycles. The maximum atomic E-state index is 13.4. The molecule has 0 fully saturated rings. The van der Waals surface area contributed by atoms with Crippen LogP contribution in [0.25, 0.3) is 11.3 Å². The first-order valence-electron chi connectivity index (χ1n) is 10.2. The SMILES string of the molecule is CCC(C)N(Cc1c(-c2ccccc2)nn(C)c1N(C)C)C(=O)c1ccc(Cl)cc1. The van der Waals surface area contributed by atoms with Crippen LogP contribution in [0.15, 0.2) is 54.6 Å². The van der Waals surface area contributed by atoms with Crippen LogP contribution in [-0.4, -0.2) is 40.7 Å². The van der Waals surface area contributed by atoms with Crippen LogP contribution in [0, 0.1) is 0 Å². The predicted octanol–water partition coefficient (Wildman–Crippen LogP) is 5.25. The molecule has 5 nitrogen and oxygen atoms in total. The van der Waals surface area contributed by atoms with Gasteiger partial charge < -0.3 is 9.80 Å². The third-order valence-corrected chi connectivity index (χ3v) is 5.64. The summed E-state index contributed by atoms with van der Waals surface area (Å²) in [5.41, 5.74) is 3.62. The Morgan fingerprint density at radius 3 is 2.30 bits per heavy atom. The van der Waals surface area contributed by atoms with Crippen molar-refractivity contribution in [1.29, 1.82) is 0 Å². The lowest BCUT2D eigenvalue weighted by atomic mass is 10.0. The molecule has 0 saturated heterocycles. The van der Waals surface area contributed by atoms with Crippen molar-refractivity contribution in [3.63, 3.8) is 0 Å². The number of anilines is 1. The maximum absolute atomic E-state index is 13.4. The lowest BCUT2D eigenvalue weighted by Gasteiger charge is -2.30. The first-order chi connectivity index (χ1) is 14.3. The minimum Gasteiger partial charge on any atom is -0.363 e. The smallest absolute Gasteiger partial charge is 0.254 e. The highest BCUT2D eigenvalue weighted by molar-refractivity contribution is 6.30. The van der Waals surface area contributed by atoms with E-state index in [1.54, 1.807) is 24.3 Å². The Morgan fingerprint density at radius 1 is 1.10 bits per heavy atom. The average Bonchev–Trinajstić information content (AvgIpc) is 3.08. The van der Waals surface area contributed by atoms with Gasteiger partial charge in [0.2, 0.25) is 0 Å². The molecule has 3 aromatic rings. The molecule has 1 amide bonds. The van der Waals surface area contributed by atoms with Crippen molar-refractivity contribution in [3.05, 3.63) is 70.7 Å². The van der Waals surface area contributed by atoms with Crippen molar-refractivity contribution < 1.29 is 4.79 Å². The van der Waals surface area contributed by atoms with Crippen LogP contribution in [-0.2, 0) is 13.6 Å². The Bertz CT molecular complexity index is 996. The van der Waals surface area contributed by atoms with E-state index >= 15 is 0 Å². The van der Waals surface area contributed by atoms with Gasteiger partial charge in [-0.15, -0.1) is 0 Å². The molecule has 158 valence electrons. The van der Waals surface area contributed by atoms with Gasteiger partial charge in [0.15, 0.2) is 0 Å².